The van der Waals surface area contributed by atoms with Gasteiger partial charge < -0.3 is 24.3 Å². The van der Waals surface area contributed by atoms with Crippen LogP contribution in [0.1, 0.15) is 32.3 Å². The Bertz CT molecular complexity index is 1060. The van der Waals surface area contributed by atoms with E-state index in [-0.39, 0.29) is 31.0 Å². The maximum atomic E-state index is 13.4. The largest absolute Gasteiger partial charge is 0.377 e. The molecule has 2 heterocycles. The molecule has 0 amide bonds. The SMILES string of the molecule is CCOP(=O)(OCC)[C@H](CCCOCc1ccccc1)OCn1cnc2c(Cl)nc(N)nc21. The maximum Gasteiger partial charge on any atom is 0.359 e. The molecule has 180 valence electrons. The van der Waals surface area contributed by atoms with Gasteiger partial charge in [-0.1, -0.05) is 41.9 Å². The smallest absolute Gasteiger partial charge is 0.359 e. The van der Waals surface area contributed by atoms with Crippen molar-refractivity contribution in [1.29, 1.82) is 0 Å². The molecule has 33 heavy (non-hydrogen) atoms. The number of imidazole rings is 1. The van der Waals surface area contributed by atoms with Crippen LogP contribution >= 0.6 is 19.2 Å². The number of benzene rings is 1. The highest BCUT2D eigenvalue weighted by molar-refractivity contribution is 7.54. The molecule has 0 saturated carbocycles. The number of anilines is 1. The van der Waals surface area contributed by atoms with E-state index in [1.165, 1.54) is 6.33 Å². The summed E-state index contributed by atoms with van der Waals surface area (Å²) in [6.07, 6.45) is 2.53. The number of hydrogen-bond acceptors (Lipinski definition) is 9. The molecule has 3 rings (SSSR count). The lowest BCUT2D eigenvalue weighted by atomic mass is 10.2. The average molecular weight is 498 g/mol. The Labute approximate surface area is 197 Å². The Hall–Kier alpha value is -2.07. The van der Waals surface area contributed by atoms with E-state index < -0.39 is 13.4 Å². The molecular formula is C21H29ClN5O5P. The fraction of sp³-hybridized carbons (Fsp3) is 0.476. The molecule has 0 radical (unpaired) electrons. The molecule has 3 aromatic rings. The quantitative estimate of drug-likeness (QED) is 0.193. The first-order valence-electron chi connectivity index (χ1n) is 10.7. The molecule has 0 fully saturated rings. The first kappa shape index (κ1) is 25.6. The summed E-state index contributed by atoms with van der Waals surface area (Å²) in [5.74, 6) is -0.777. The second-order valence-corrected chi connectivity index (χ2v) is 9.60. The summed E-state index contributed by atoms with van der Waals surface area (Å²) in [6.45, 7) is 4.96. The molecule has 0 unspecified atom stereocenters. The summed E-state index contributed by atoms with van der Waals surface area (Å²) in [5, 5.41) is 0.151. The third-order valence-electron chi connectivity index (χ3n) is 4.67. The van der Waals surface area contributed by atoms with Gasteiger partial charge in [0.25, 0.3) is 0 Å². The Morgan fingerprint density at radius 3 is 2.58 bits per heavy atom. The number of ether oxygens (including phenoxy) is 2. The monoisotopic (exact) mass is 497 g/mol. The van der Waals surface area contributed by atoms with Crippen LogP contribution in [-0.4, -0.2) is 45.2 Å². The van der Waals surface area contributed by atoms with Crippen LogP contribution in [0.5, 0.6) is 0 Å². The molecule has 0 bridgehead atoms. The first-order chi connectivity index (χ1) is 16.0. The van der Waals surface area contributed by atoms with Crippen LogP contribution in [0.2, 0.25) is 5.15 Å². The van der Waals surface area contributed by atoms with Gasteiger partial charge in [0.2, 0.25) is 5.95 Å². The molecule has 1 aromatic carbocycles. The van der Waals surface area contributed by atoms with E-state index in [0.29, 0.717) is 37.2 Å². The van der Waals surface area contributed by atoms with Crippen molar-refractivity contribution >= 4 is 36.3 Å². The first-order valence-corrected chi connectivity index (χ1v) is 12.7. The van der Waals surface area contributed by atoms with Crippen molar-refractivity contribution in [3.63, 3.8) is 0 Å². The number of nitrogens with two attached hydrogens (primary N) is 1. The van der Waals surface area contributed by atoms with Crippen LogP contribution in [0, 0.1) is 0 Å². The summed E-state index contributed by atoms with van der Waals surface area (Å²) in [7, 11) is -3.53. The van der Waals surface area contributed by atoms with E-state index in [4.69, 9.17) is 35.9 Å². The number of nitrogen functional groups attached to an aromatic ring is 1. The van der Waals surface area contributed by atoms with E-state index >= 15 is 0 Å². The molecule has 12 heteroatoms. The summed E-state index contributed by atoms with van der Waals surface area (Å²) in [5.41, 5.74) is 7.61. The van der Waals surface area contributed by atoms with E-state index in [0.717, 1.165) is 5.56 Å². The lowest BCUT2D eigenvalue weighted by Crippen LogP contribution is -2.20. The second kappa shape index (κ2) is 12.4. The fourth-order valence-electron chi connectivity index (χ4n) is 3.21. The minimum atomic E-state index is -3.53. The molecule has 0 aliphatic heterocycles. The van der Waals surface area contributed by atoms with Gasteiger partial charge in [-0.2, -0.15) is 9.97 Å². The number of aromatic nitrogens is 4. The van der Waals surface area contributed by atoms with Gasteiger partial charge in [0.1, 0.15) is 12.2 Å². The molecule has 0 aliphatic rings. The van der Waals surface area contributed by atoms with Gasteiger partial charge in [0, 0.05) is 6.61 Å². The molecule has 2 aromatic heterocycles. The highest BCUT2D eigenvalue weighted by Gasteiger charge is 2.36. The maximum absolute atomic E-state index is 13.4. The van der Waals surface area contributed by atoms with Crippen LogP contribution in [-0.2, 0) is 36.4 Å². The topological polar surface area (TPSA) is 124 Å². The van der Waals surface area contributed by atoms with Crippen LogP contribution in [0.3, 0.4) is 0 Å². The number of fused-ring (bicyclic) bond motifs is 1. The lowest BCUT2D eigenvalue weighted by molar-refractivity contribution is 0.0189. The Kier molecular flexibility index (Phi) is 9.61. The molecular weight excluding hydrogens is 469 g/mol. The number of nitrogens with zero attached hydrogens (tertiary/aromatic N) is 4. The predicted molar refractivity (Wildman–Crippen MR) is 126 cm³/mol. The molecule has 1 atom stereocenters. The highest BCUT2D eigenvalue weighted by Crippen LogP contribution is 2.55. The minimum absolute atomic E-state index is 0.00294. The van der Waals surface area contributed by atoms with Crippen LogP contribution in [0.4, 0.5) is 5.95 Å². The van der Waals surface area contributed by atoms with Gasteiger partial charge in [-0.05, 0) is 32.3 Å². The molecule has 10 nitrogen and oxygen atoms in total. The summed E-state index contributed by atoms with van der Waals surface area (Å²) in [6, 6.07) is 9.90. The number of halogens is 1. The summed E-state index contributed by atoms with van der Waals surface area (Å²) in [4.78, 5) is 12.3. The van der Waals surface area contributed by atoms with Crippen LogP contribution in [0.15, 0.2) is 36.7 Å². The van der Waals surface area contributed by atoms with Gasteiger partial charge in [-0.15, -0.1) is 0 Å². The van der Waals surface area contributed by atoms with E-state index in [1.807, 2.05) is 30.3 Å². The fourth-order valence-corrected chi connectivity index (χ4v) is 5.30. The van der Waals surface area contributed by atoms with Crippen molar-refractivity contribution in [2.75, 3.05) is 25.6 Å². The third kappa shape index (κ3) is 6.96. The van der Waals surface area contributed by atoms with Crippen molar-refractivity contribution in [1.82, 2.24) is 19.5 Å². The van der Waals surface area contributed by atoms with Crippen LogP contribution < -0.4 is 5.73 Å². The van der Waals surface area contributed by atoms with Crippen molar-refractivity contribution in [3.05, 3.63) is 47.4 Å². The van der Waals surface area contributed by atoms with Crippen molar-refractivity contribution < 1.29 is 23.1 Å². The van der Waals surface area contributed by atoms with Gasteiger partial charge in [-0.25, -0.2) is 4.98 Å². The molecule has 2 N–H and O–H groups in total. The highest BCUT2D eigenvalue weighted by atomic mass is 35.5. The zero-order valence-electron chi connectivity index (χ0n) is 18.7. The molecule has 0 saturated heterocycles. The third-order valence-corrected chi connectivity index (χ3v) is 7.28. The Morgan fingerprint density at radius 1 is 1.15 bits per heavy atom. The summed E-state index contributed by atoms with van der Waals surface area (Å²) < 4.78 is 37.9. The zero-order chi connectivity index (χ0) is 23.7. The molecule has 0 spiro atoms. The average Bonchev–Trinajstić information content (AvgIpc) is 3.19. The second-order valence-electron chi connectivity index (χ2n) is 7.07. The Morgan fingerprint density at radius 2 is 1.88 bits per heavy atom. The van der Waals surface area contributed by atoms with Gasteiger partial charge in [0.05, 0.1) is 26.1 Å². The van der Waals surface area contributed by atoms with Gasteiger partial charge >= 0.3 is 7.60 Å². The standard InChI is InChI=1S/C21H29ClN5O5P/c1-3-31-33(28,32-4-2)17(11-8-12-29-13-16-9-6-5-7-10-16)30-15-27-14-24-18-19(22)25-21(23)26-20(18)27/h5-7,9-10,14,17H,3-4,8,11-13,15H2,1-2H3,(H2,23,25,26)/t17-/m1/s1. The minimum Gasteiger partial charge on any atom is -0.377 e. The molecule has 0 aliphatic carbocycles. The normalized spacial score (nSPS) is 12.9. The van der Waals surface area contributed by atoms with E-state index in [9.17, 15) is 4.57 Å². The van der Waals surface area contributed by atoms with Crippen molar-refractivity contribution in [2.45, 2.75) is 45.9 Å². The van der Waals surface area contributed by atoms with Gasteiger partial charge in [0.15, 0.2) is 16.6 Å². The van der Waals surface area contributed by atoms with E-state index in [2.05, 4.69) is 15.0 Å². The van der Waals surface area contributed by atoms with E-state index in [1.54, 1.807) is 18.4 Å². The van der Waals surface area contributed by atoms with Crippen molar-refractivity contribution in [2.24, 2.45) is 0 Å². The number of hydrogen-bond donors (Lipinski definition) is 1. The van der Waals surface area contributed by atoms with Crippen LogP contribution in [0.25, 0.3) is 11.2 Å². The van der Waals surface area contributed by atoms with Gasteiger partial charge in [-0.3, -0.25) is 9.13 Å². The Balaban J connectivity index is 1.66. The predicted octanol–water partition coefficient (Wildman–Crippen LogP) is 4.63. The van der Waals surface area contributed by atoms with Crippen molar-refractivity contribution in [3.8, 4) is 0 Å². The summed E-state index contributed by atoms with van der Waals surface area (Å²) >= 11 is 6.09. The zero-order valence-corrected chi connectivity index (χ0v) is 20.4. The lowest BCUT2D eigenvalue weighted by Gasteiger charge is -2.26. The number of rotatable bonds is 14.